The first-order valence-corrected chi connectivity index (χ1v) is 9.24. The number of ether oxygens (including phenoxy) is 1. The lowest BCUT2D eigenvalue weighted by Gasteiger charge is -2.33. The molecule has 122 valence electrons. The smallest absolute Gasteiger partial charge is 0.139 e. The molecule has 1 saturated heterocycles. The summed E-state index contributed by atoms with van der Waals surface area (Å²) >= 11 is 0. The van der Waals surface area contributed by atoms with Crippen molar-refractivity contribution in [3.05, 3.63) is 18.2 Å². The number of aryl methyl sites for hydroxylation is 1. The predicted octanol–water partition coefficient (Wildman–Crippen LogP) is 3.29. The van der Waals surface area contributed by atoms with E-state index in [0.717, 1.165) is 37.2 Å². The van der Waals surface area contributed by atoms with Crippen molar-refractivity contribution in [2.75, 3.05) is 6.61 Å². The Kier molecular flexibility index (Phi) is 4.23. The monoisotopic (exact) mass is 303 g/mol. The third-order valence-corrected chi connectivity index (χ3v) is 5.89. The SMILES string of the molecule is CCn1ccnc1[C@H]1OCC[C@@H]1N[C@@H]1CCC[C@@H](C2CC2)C1. The lowest BCUT2D eigenvalue weighted by Crippen LogP contribution is -2.43. The molecule has 2 aliphatic carbocycles. The molecule has 4 atom stereocenters. The Morgan fingerprint density at radius 2 is 2.14 bits per heavy atom. The maximum absolute atomic E-state index is 6.03. The second kappa shape index (κ2) is 6.32. The minimum atomic E-state index is 0.135. The summed E-state index contributed by atoms with van der Waals surface area (Å²) < 4.78 is 8.26. The summed E-state index contributed by atoms with van der Waals surface area (Å²) in [6.07, 6.45) is 13.8. The average molecular weight is 303 g/mol. The molecule has 0 unspecified atom stereocenters. The van der Waals surface area contributed by atoms with Crippen LogP contribution >= 0.6 is 0 Å². The van der Waals surface area contributed by atoms with E-state index in [-0.39, 0.29) is 6.10 Å². The third kappa shape index (κ3) is 2.95. The van der Waals surface area contributed by atoms with Gasteiger partial charge in [0.25, 0.3) is 0 Å². The molecule has 3 fully saturated rings. The predicted molar refractivity (Wildman–Crippen MR) is 86.6 cm³/mol. The van der Waals surface area contributed by atoms with Crippen molar-refractivity contribution in [2.45, 2.75) is 76.6 Å². The average Bonchev–Trinajstić information content (AvgIpc) is 3.12. The molecule has 1 aromatic rings. The summed E-state index contributed by atoms with van der Waals surface area (Å²) in [6, 6.07) is 1.13. The fraction of sp³-hybridized carbons (Fsp3) is 0.833. The highest BCUT2D eigenvalue weighted by atomic mass is 16.5. The van der Waals surface area contributed by atoms with Gasteiger partial charge in [-0.3, -0.25) is 0 Å². The lowest BCUT2D eigenvalue weighted by molar-refractivity contribution is 0.0836. The first-order valence-electron chi connectivity index (χ1n) is 9.24. The van der Waals surface area contributed by atoms with Gasteiger partial charge in [-0.2, -0.15) is 0 Å². The highest BCUT2D eigenvalue weighted by molar-refractivity contribution is 5.04. The molecule has 2 saturated carbocycles. The number of nitrogens with one attached hydrogen (secondary N) is 1. The zero-order valence-corrected chi connectivity index (χ0v) is 13.7. The highest BCUT2D eigenvalue weighted by Crippen LogP contribution is 2.44. The van der Waals surface area contributed by atoms with Crippen LogP contribution in [0.15, 0.2) is 12.4 Å². The largest absolute Gasteiger partial charge is 0.369 e. The van der Waals surface area contributed by atoms with Crippen LogP contribution in [0.2, 0.25) is 0 Å². The van der Waals surface area contributed by atoms with Gasteiger partial charge in [-0.25, -0.2) is 4.98 Å². The molecule has 1 aliphatic heterocycles. The fourth-order valence-electron chi connectivity index (χ4n) is 4.54. The molecule has 3 aliphatic rings. The molecule has 0 radical (unpaired) electrons. The van der Waals surface area contributed by atoms with Crippen LogP contribution in [0.5, 0.6) is 0 Å². The Hall–Kier alpha value is -0.870. The van der Waals surface area contributed by atoms with Crippen molar-refractivity contribution in [1.82, 2.24) is 14.9 Å². The van der Waals surface area contributed by atoms with Gasteiger partial charge in [-0.05, 0) is 50.9 Å². The Morgan fingerprint density at radius 3 is 2.95 bits per heavy atom. The van der Waals surface area contributed by atoms with Crippen molar-refractivity contribution in [1.29, 1.82) is 0 Å². The molecule has 1 N–H and O–H groups in total. The molecule has 0 bridgehead atoms. The molecule has 1 aromatic heterocycles. The van der Waals surface area contributed by atoms with E-state index in [1.807, 2.05) is 6.20 Å². The summed E-state index contributed by atoms with van der Waals surface area (Å²) in [5, 5.41) is 3.94. The van der Waals surface area contributed by atoms with Crippen LogP contribution < -0.4 is 5.32 Å². The van der Waals surface area contributed by atoms with E-state index in [1.165, 1.54) is 38.5 Å². The minimum Gasteiger partial charge on any atom is -0.369 e. The zero-order valence-electron chi connectivity index (χ0n) is 13.7. The third-order valence-electron chi connectivity index (χ3n) is 5.89. The molecule has 0 spiro atoms. The van der Waals surface area contributed by atoms with Gasteiger partial charge >= 0.3 is 0 Å². The molecular weight excluding hydrogens is 274 g/mol. The van der Waals surface area contributed by atoms with Crippen molar-refractivity contribution >= 4 is 0 Å². The normalized spacial score (nSPS) is 35.9. The molecule has 0 aromatic carbocycles. The first kappa shape index (κ1) is 14.7. The van der Waals surface area contributed by atoms with Crippen LogP contribution in [0.1, 0.15) is 63.8 Å². The quantitative estimate of drug-likeness (QED) is 0.907. The van der Waals surface area contributed by atoms with Crippen molar-refractivity contribution < 1.29 is 4.74 Å². The van der Waals surface area contributed by atoms with Crippen molar-refractivity contribution in [2.24, 2.45) is 11.8 Å². The van der Waals surface area contributed by atoms with Gasteiger partial charge in [-0.15, -0.1) is 0 Å². The van der Waals surface area contributed by atoms with Gasteiger partial charge < -0.3 is 14.6 Å². The lowest BCUT2D eigenvalue weighted by atomic mass is 9.82. The van der Waals surface area contributed by atoms with E-state index in [1.54, 1.807) is 0 Å². The Labute approximate surface area is 133 Å². The van der Waals surface area contributed by atoms with Gasteiger partial charge in [0.2, 0.25) is 0 Å². The molecule has 4 rings (SSSR count). The molecular formula is C18H29N3O. The van der Waals surface area contributed by atoms with Gasteiger partial charge in [0.05, 0.1) is 0 Å². The zero-order chi connectivity index (χ0) is 14.9. The van der Waals surface area contributed by atoms with Crippen LogP contribution in [-0.2, 0) is 11.3 Å². The number of aromatic nitrogens is 2. The standard InChI is InChI=1S/C18H29N3O/c1-2-21-10-9-19-18(21)17-16(8-11-22-17)20-15-5-3-4-14(12-15)13-6-7-13/h9-10,13-17,20H,2-8,11-12H2,1H3/t14-,15-,16+,17+/m1/s1. The van der Waals surface area contributed by atoms with Crippen LogP contribution in [0, 0.1) is 11.8 Å². The van der Waals surface area contributed by atoms with Crippen LogP contribution in [0.4, 0.5) is 0 Å². The molecule has 2 heterocycles. The van der Waals surface area contributed by atoms with Crippen LogP contribution in [0.25, 0.3) is 0 Å². The second-order valence-electron chi connectivity index (χ2n) is 7.39. The molecule has 4 heteroatoms. The summed E-state index contributed by atoms with van der Waals surface area (Å²) in [5.74, 6) is 3.15. The van der Waals surface area contributed by atoms with E-state index in [0.29, 0.717) is 12.1 Å². The van der Waals surface area contributed by atoms with Crippen LogP contribution in [0.3, 0.4) is 0 Å². The Balaban J connectivity index is 1.40. The van der Waals surface area contributed by atoms with E-state index < -0.39 is 0 Å². The van der Waals surface area contributed by atoms with Gasteiger partial charge in [0.1, 0.15) is 11.9 Å². The van der Waals surface area contributed by atoms with Crippen molar-refractivity contribution in [3.8, 4) is 0 Å². The summed E-state index contributed by atoms with van der Waals surface area (Å²) in [7, 11) is 0. The second-order valence-corrected chi connectivity index (χ2v) is 7.39. The number of hydrogen-bond acceptors (Lipinski definition) is 3. The number of nitrogens with zero attached hydrogens (tertiary/aromatic N) is 2. The van der Waals surface area contributed by atoms with E-state index in [2.05, 4.69) is 28.0 Å². The summed E-state index contributed by atoms with van der Waals surface area (Å²) in [6.45, 7) is 4.00. The molecule has 4 nitrogen and oxygen atoms in total. The van der Waals surface area contributed by atoms with E-state index >= 15 is 0 Å². The van der Waals surface area contributed by atoms with E-state index in [9.17, 15) is 0 Å². The number of imidazole rings is 1. The summed E-state index contributed by atoms with van der Waals surface area (Å²) in [4.78, 5) is 4.56. The highest BCUT2D eigenvalue weighted by Gasteiger charge is 2.38. The van der Waals surface area contributed by atoms with E-state index in [4.69, 9.17) is 4.74 Å². The topological polar surface area (TPSA) is 39.1 Å². The number of rotatable bonds is 5. The van der Waals surface area contributed by atoms with Crippen molar-refractivity contribution in [3.63, 3.8) is 0 Å². The summed E-state index contributed by atoms with van der Waals surface area (Å²) in [5.41, 5.74) is 0. The molecule has 0 amide bonds. The number of hydrogen-bond donors (Lipinski definition) is 1. The minimum absolute atomic E-state index is 0.135. The Bertz CT molecular complexity index is 496. The van der Waals surface area contributed by atoms with Gasteiger partial charge in [0, 0.05) is 37.6 Å². The Morgan fingerprint density at radius 1 is 1.23 bits per heavy atom. The fourth-order valence-corrected chi connectivity index (χ4v) is 4.54. The molecule has 22 heavy (non-hydrogen) atoms. The van der Waals surface area contributed by atoms with Gasteiger partial charge in [-0.1, -0.05) is 12.8 Å². The van der Waals surface area contributed by atoms with Gasteiger partial charge in [0.15, 0.2) is 0 Å². The first-order chi connectivity index (χ1) is 10.8. The maximum atomic E-state index is 6.03. The van der Waals surface area contributed by atoms with Crippen LogP contribution in [-0.4, -0.2) is 28.2 Å². The maximum Gasteiger partial charge on any atom is 0.139 e.